The molecule has 0 aromatic carbocycles. The Hall–Kier alpha value is -0.660. The maximum atomic E-state index is 11.3. The molecule has 0 spiro atoms. The van der Waals surface area contributed by atoms with Gasteiger partial charge in [-0.05, 0) is 19.9 Å². The monoisotopic (exact) mass is 294 g/mol. The van der Waals surface area contributed by atoms with E-state index in [1.807, 2.05) is 6.92 Å². The number of hydrogen-bond acceptors (Lipinski definition) is 5. The van der Waals surface area contributed by atoms with Gasteiger partial charge in [0.2, 0.25) is 10.0 Å². The zero-order valence-electron chi connectivity index (χ0n) is 12.3. The Morgan fingerprint density at radius 1 is 1.37 bits per heavy atom. The molecule has 114 valence electrons. The van der Waals surface area contributed by atoms with Crippen LogP contribution in [0.15, 0.2) is 0 Å². The minimum Gasteiger partial charge on any atom is -0.466 e. The second kappa shape index (κ2) is 9.28. The lowest BCUT2D eigenvalue weighted by Gasteiger charge is -2.18. The number of hydrogen-bond donors (Lipinski definition) is 1. The van der Waals surface area contributed by atoms with E-state index in [1.54, 1.807) is 13.8 Å². The summed E-state index contributed by atoms with van der Waals surface area (Å²) in [6.45, 7) is 8.00. The number of rotatable bonds is 10. The lowest BCUT2D eigenvalue weighted by Crippen LogP contribution is -2.34. The van der Waals surface area contributed by atoms with Gasteiger partial charge in [0.15, 0.2) is 0 Å². The molecule has 1 atom stereocenters. The molecule has 6 nitrogen and oxygen atoms in total. The van der Waals surface area contributed by atoms with Crippen LogP contribution in [0.5, 0.6) is 0 Å². The van der Waals surface area contributed by atoms with Crippen molar-refractivity contribution < 1.29 is 17.9 Å². The van der Waals surface area contributed by atoms with Crippen molar-refractivity contribution in [3.8, 4) is 0 Å². The van der Waals surface area contributed by atoms with Crippen molar-refractivity contribution in [3.05, 3.63) is 0 Å². The zero-order chi connectivity index (χ0) is 14.9. The lowest BCUT2D eigenvalue weighted by molar-refractivity contribution is -0.147. The van der Waals surface area contributed by atoms with Crippen LogP contribution in [0.3, 0.4) is 0 Å². The SMILES string of the molecule is CCOC(=O)C(C)CNCCCN(CC)S(C)(=O)=O. The first-order chi connectivity index (χ1) is 8.82. The molecular formula is C12H26N2O4S. The number of ether oxygens (including phenoxy) is 1. The normalized spacial score (nSPS) is 13.5. The highest BCUT2D eigenvalue weighted by Gasteiger charge is 2.14. The van der Waals surface area contributed by atoms with Crippen LogP contribution in [0.1, 0.15) is 27.2 Å². The van der Waals surface area contributed by atoms with Crippen LogP contribution in [-0.2, 0) is 19.6 Å². The third-order valence-corrected chi connectivity index (χ3v) is 4.10. The van der Waals surface area contributed by atoms with Gasteiger partial charge in [0.1, 0.15) is 0 Å². The third kappa shape index (κ3) is 8.18. The molecule has 19 heavy (non-hydrogen) atoms. The summed E-state index contributed by atoms with van der Waals surface area (Å²) in [5.41, 5.74) is 0. The van der Waals surface area contributed by atoms with Gasteiger partial charge in [-0.2, -0.15) is 0 Å². The number of nitrogens with one attached hydrogen (secondary N) is 1. The number of carbonyl (C=O) groups excluding carboxylic acids is 1. The van der Waals surface area contributed by atoms with Crippen LogP contribution in [0.2, 0.25) is 0 Å². The maximum Gasteiger partial charge on any atom is 0.309 e. The summed E-state index contributed by atoms with van der Waals surface area (Å²) in [6.07, 6.45) is 1.93. The molecule has 0 fully saturated rings. The highest BCUT2D eigenvalue weighted by molar-refractivity contribution is 7.88. The molecule has 0 aliphatic carbocycles. The fourth-order valence-corrected chi connectivity index (χ4v) is 2.56. The van der Waals surface area contributed by atoms with E-state index in [-0.39, 0.29) is 11.9 Å². The largest absolute Gasteiger partial charge is 0.466 e. The summed E-state index contributed by atoms with van der Waals surface area (Å²) in [7, 11) is -3.11. The predicted octanol–water partition coefficient (Wildman–Crippen LogP) is 0.447. The molecule has 0 saturated carbocycles. The van der Waals surface area contributed by atoms with Crippen molar-refractivity contribution in [2.24, 2.45) is 5.92 Å². The molecule has 0 bridgehead atoms. The summed E-state index contributed by atoms with van der Waals surface area (Å²) in [5.74, 6) is -0.390. The van der Waals surface area contributed by atoms with E-state index in [4.69, 9.17) is 4.74 Å². The molecule has 0 rings (SSSR count). The fourth-order valence-electron chi connectivity index (χ4n) is 1.63. The summed E-state index contributed by atoms with van der Waals surface area (Å²) < 4.78 is 29.0. The summed E-state index contributed by atoms with van der Waals surface area (Å²) >= 11 is 0. The van der Waals surface area contributed by atoms with Crippen LogP contribution in [0.4, 0.5) is 0 Å². The molecule has 0 aliphatic rings. The topological polar surface area (TPSA) is 75.7 Å². The molecule has 0 aromatic rings. The van der Waals surface area contributed by atoms with Crippen molar-refractivity contribution in [3.63, 3.8) is 0 Å². The second-order valence-corrected chi connectivity index (χ2v) is 6.45. The van der Waals surface area contributed by atoms with E-state index in [1.165, 1.54) is 10.6 Å². The summed E-state index contributed by atoms with van der Waals surface area (Å²) in [6, 6.07) is 0. The summed E-state index contributed by atoms with van der Waals surface area (Å²) in [4.78, 5) is 11.3. The maximum absolute atomic E-state index is 11.3. The molecule has 1 N–H and O–H groups in total. The molecule has 1 unspecified atom stereocenters. The van der Waals surface area contributed by atoms with E-state index in [9.17, 15) is 13.2 Å². The van der Waals surface area contributed by atoms with E-state index in [0.717, 1.165) is 6.42 Å². The number of sulfonamides is 1. The lowest BCUT2D eigenvalue weighted by atomic mass is 10.2. The highest BCUT2D eigenvalue weighted by atomic mass is 32.2. The standard InChI is InChI=1S/C12H26N2O4S/c1-5-14(19(4,16)17)9-7-8-13-10-11(3)12(15)18-6-2/h11,13H,5-10H2,1-4H3. The van der Waals surface area contributed by atoms with E-state index < -0.39 is 10.0 Å². The van der Waals surface area contributed by atoms with Crippen LogP contribution in [0, 0.1) is 5.92 Å². The van der Waals surface area contributed by atoms with Gasteiger partial charge >= 0.3 is 5.97 Å². The van der Waals surface area contributed by atoms with Crippen molar-refractivity contribution in [1.29, 1.82) is 0 Å². The summed E-state index contributed by atoms with van der Waals surface area (Å²) in [5, 5.41) is 3.13. The molecule has 0 radical (unpaired) electrons. The molecule has 0 aliphatic heterocycles. The number of nitrogens with zero attached hydrogens (tertiary/aromatic N) is 1. The van der Waals surface area contributed by atoms with Gasteiger partial charge in [-0.25, -0.2) is 12.7 Å². The predicted molar refractivity (Wildman–Crippen MR) is 75.4 cm³/mol. The van der Waals surface area contributed by atoms with Gasteiger partial charge in [0, 0.05) is 19.6 Å². The van der Waals surface area contributed by atoms with Crippen molar-refractivity contribution in [1.82, 2.24) is 9.62 Å². The smallest absolute Gasteiger partial charge is 0.309 e. The Balaban J connectivity index is 3.79. The Labute approximate surface area is 116 Å². The minimum absolute atomic E-state index is 0.183. The Bertz CT molecular complexity index is 357. The Morgan fingerprint density at radius 3 is 2.47 bits per heavy atom. The van der Waals surface area contributed by atoms with E-state index in [0.29, 0.717) is 32.8 Å². The van der Waals surface area contributed by atoms with Crippen molar-refractivity contribution in [2.45, 2.75) is 27.2 Å². The minimum atomic E-state index is -3.11. The van der Waals surface area contributed by atoms with Crippen LogP contribution in [-0.4, -0.2) is 57.7 Å². The number of carbonyl (C=O) groups is 1. The average Bonchev–Trinajstić information content (AvgIpc) is 2.32. The first kappa shape index (κ1) is 18.3. The van der Waals surface area contributed by atoms with Crippen LogP contribution in [0.25, 0.3) is 0 Å². The molecular weight excluding hydrogens is 268 g/mol. The van der Waals surface area contributed by atoms with Crippen molar-refractivity contribution >= 4 is 16.0 Å². The zero-order valence-corrected chi connectivity index (χ0v) is 13.1. The van der Waals surface area contributed by atoms with Gasteiger partial charge in [0.05, 0.1) is 18.8 Å². The van der Waals surface area contributed by atoms with Gasteiger partial charge in [0.25, 0.3) is 0 Å². The van der Waals surface area contributed by atoms with Gasteiger partial charge in [-0.1, -0.05) is 13.8 Å². The highest BCUT2D eigenvalue weighted by Crippen LogP contribution is 1.99. The molecule has 0 aromatic heterocycles. The van der Waals surface area contributed by atoms with E-state index >= 15 is 0 Å². The van der Waals surface area contributed by atoms with Gasteiger partial charge < -0.3 is 10.1 Å². The van der Waals surface area contributed by atoms with E-state index in [2.05, 4.69) is 5.32 Å². The quantitative estimate of drug-likeness (QED) is 0.467. The van der Waals surface area contributed by atoms with Crippen LogP contribution < -0.4 is 5.32 Å². The molecule has 7 heteroatoms. The first-order valence-electron chi connectivity index (χ1n) is 6.65. The average molecular weight is 294 g/mol. The van der Waals surface area contributed by atoms with Gasteiger partial charge in [-0.3, -0.25) is 4.79 Å². The Kier molecular flexibility index (Phi) is 8.95. The molecule has 0 saturated heterocycles. The van der Waals surface area contributed by atoms with Gasteiger partial charge in [-0.15, -0.1) is 0 Å². The third-order valence-electron chi connectivity index (χ3n) is 2.72. The fraction of sp³-hybridized carbons (Fsp3) is 0.917. The second-order valence-electron chi connectivity index (χ2n) is 4.47. The Morgan fingerprint density at radius 2 is 2.00 bits per heavy atom. The van der Waals surface area contributed by atoms with Crippen molar-refractivity contribution in [2.75, 3.05) is 39.0 Å². The molecule has 0 amide bonds. The number of esters is 1. The molecule has 0 heterocycles. The van der Waals surface area contributed by atoms with Crippen LogP contribution >= 0.6 is 0 Å². The first-order valence-corrected chi connectivity index (χ1v) is 8.50.